The van der Waals surface area contributed by atoms with E-state index in [0.717, 1.165) is 31.8 Å². The quantitative estimate of drug-likeness (QED) is 0.834. The smallest absolute Gasteiger partial charge is 0.237 e. The first-order valence-corrected chi connectivity index (χ1v) is 8.19. The van der Waals surface area contributed by atoms with Crippen LogP contribution in [0.3, 0.4) is 0 Å². The molecule has 4 nitrogen and oxygen atoms in total. The van der Waals surface area contributed by atoms with Crippen molar-refractivity contribution in [1.29, 1.82) is 0 Å². The summed E-state index contributed by atoms with van der Waals surface area (Å²) >= 11 is 0. The molecular weight excluding hydrogens is 286 g/mol. The van der Waals surface area contributed by atoms with E-state index >= 15 is 0 Å². The van der Waals surface area contributed by atoms with Crippen molar-refractivity contribution < 1.29 is 4.79 Å². The molecule has 1 amide bonds. The highest BCUT2D eigenvalue weighted by molar-refractivity contribution is 5.85. The average molecular weight is 318 g/mol. The lowest BCUT2D eigenvalue weighted by atomic mass is 9.77. The molecule has 0 aliphatic carbocycles. The first kappa shape index (κ1) is 18.7. The minimum atomic E-state index is -0.0197. The Kier molecular flexibility index (Phi) is 7.45. The Balaban J connectivity index is 0.00000220. The van der Waals surface area contributed by atoms with Crippen LogP contribution in [0.1, 0.15) is 46.0 Å². The molecule has 2 aliphatic heterocycles. The van der Waals surface area contributed by atoms with Gasteiger partial charge in [0.05, 0.1) is 6.04 Å². The molecule has 2 saturated heterocycles. The molecule has 0 aromatic carbocycles. The Hall–Kier alpha value is -0.320. The van der Waals surface area contributed by atoms with Gasteiger partial charge >= 0.3 is 0 Å². The predicted molar refractivity (Wildman–Crippen MR) is 89.9 cm³/mol. The van der Waals surface area contributed by atoms with Crippen LogP contribution in [0, 0.1) is 11.3 Å². The van der Waals surface area contributed by atoms with Crippen molar-refractivity contribution in [3.8, 4) is 0 Å². The van der Waals surface area contributed by atoms with Gasteiger partial charge in [-0.1, -0.05) is 13.8 Å². The van der Waals surface area contributed by atoms with Gasteiger partial charge < -0.3 is 15.5 Å². The highest BCUT2D eigenvalue weighted by Crippen LogP contribution is 2.30. The van der Waals surface area contributed by atoms with Gasteiger partial charge in [0.25, 0.3) is 0 Å². The van der Waals surface area contributed by atoms with E-state index < -0.39 is 0 Å². The van der Waals surface area contributed by atoms with Crippen LogP contribution in [0.25, 0.3) is 0 Å². The summed E-state index contributed by atoms with van der Waals surface area (Å²) in [6.45, 7) is 8.60. The minimum Gasteiger partial charge on any atom is -0.355 e. The van der Waals surface area contributed by atoms with Crippen molar-refractivity contribution >= 4 is 18.3 Å². The summed E-state index contributed by atoms with van der Waals surface area (Å²) in [5, 5.41) is 6.54. The number of piperidine rings is 2. The van der Waals surface area contributed by atoms with Gasteiger partial charge in [-0.2, -0.15) is 0 Å². The molecule has 2 N–H and O–H groups in total. The Morgan fingerprint density at radius 2 is 2.00 bits per heavy atom. The van der Waals surface area contributed by atoms with E-state index in [2.05, 4.69) is 36.4 Å². The predicted octanol–water partition coefficient (Wildman–Crippen LogP) is 2.03. The summed E-state index contributed by atoms with van der Waals surface area (Å²) in [6, 6.07) is -0.0197. The number of nitrogens with zero attached hydrogens (tertiary/aromatic N) is 1. The third-order valence-electron chi connectivity index (χ3n) is 5.08. The number of hydrogen-bond acceptors (Lipinski definition) is 3. The zero-order chi connectivity index (χ0) is 14.6. The summed E-state index contributed by atoms with van der Waals surface area (Å²) in [5.41, 5.74) is 0.0792. The van der Waals surface area contributed by atoms with Crippen LogP contribution in [0.5, 0.6) is 0 Å². The number of carbonyl (C=O) groups is 1. The van der Waals surface area contributed by atoms with Crippen LogP contribution in [-0.4, -0.2) is 50.1 Å². The van der Waals surface area contributed by atoms with Crippen LogP contribution in [0.15, 0.2) is 0 Å². The number of rotatable bonds is 4. The summed E-state index contributed by atoms with van der Waals surface area (Å²) in [5.74, 6) is 0.987. The van der Waals surface area contributed by atoms with Crippen molar-refractivity contribution in [1.82, 2.24) is 15.5 Å². The van der Waals surface area contributed by atoms with Gasteiger partial charge in [-0.25, -0.2) is 0 Å². The van der Waals surface area contributed by atoms with Gasteiger partial charge in [-0.05, 0) is 70.1 Å². The fourth-order valence-corrected chi connectivity index (χ4v) is 3.51. The Morgan fingerprint density at radius 1 is 1.33 bits per heavy atom. The van der Waals surface area contributed by atoms with Crippen LogP contribution >= 0.6 is 12.4 Å². The molecule has 0 bridgehead atoms. The first-order chi connectivity index (χ1) is 9.49. The minimum absolute atomic E-state index is 0. The van der Waals surface area contributed by atoms with Gasteiger partial charge in [-0.15, -0.1) is 12.4 Å². The SMILES string of the molecule is CN1CCC(CCNC(=O)C2NCCCC2(C)C)CC1.Cl. The van der Waals surface area contributed by atoms with E-state index in [0.29, 0.717) is 0 Å². The monoisotopic (exact) mass is 317 g/mol. The van der Waals surface area contributed by atoms with Gasteiger partial charge in [0.2, 0.25) is 5.91 Å². The molecule has 1 unspecified atom stereocenters. The largest absolute Gasteiger partial charge is 0.355 e. The molecule has 2 fully saturated rings. The standard InChI is InChI=1S/C16H31N3O.ClH/c1-16(2)8-4-9-17-14(16)15(20)18-10-5-13-6-11-19(3)12-7-13;/h13-14,17H,4-12H2,1-3H3,(H,18,20);1H. The van der Waals surface area contributed by atoms with E-state index in [1.807, 2.05) is 0 Å². The molecule has 0 aromatic rings. The third kappa shape index (κ3) is 5.42. The lowest BCUT2D eigenvalue weighted by Gasteiger charge is -2.38. The lowest BCUT2D eigenvalue weighted by Crippen LogP contribution is -2.55. The molecule has 21 heavy (non-hydrogen) atoms. The zero-order valence-corrected chi connectivity index (χ0v) is 14.6. The Morgan fingerprint density at radius 3 is 2.62 bits per heavy atom. The average Bonchev–Trinajstić information content (AvgIpc) is 2.40. The second kappa shape index (κ2) is 8.35. The van der Waals surface area contributed by atoms with Crippen molar-refractivity contribution in [3.05, 3.63) is 0 Å². The van der Waals surface area contributed by atoms with Gasteiger partial charge in [0, 0.05) is 6.54 Å². The molecule has 2 aliphatic rings. The molecular formula is C16H32ClN3O. The molecule has 0 saturated carbocycles. The van der Waals surface area contributed by atoms with Crippen LogP contribution in [-0.2, 0) is 4.79 Å². The van der Waals surface area contributed by atoms with Crippen LogP contribution in [0.4, 0.5) is 0 Å². The van der Waals surface area contributed by atoms with Gasteiger partial charge in [-0.3, -0.25) is 4.79 Å². The second-order valence-electron chi connectivity index (χ2n) is 7.31. The maximum atomic E-state index is 12.3. The van der Waals surface area contributed by atoms with Crippen molar-refractivity contribution in [2.24, 2.45) is 11.3 Å². The number of amides is 1. The molecule has 1 atom stereocenters. The van der Waals surface area contributed by atoms with Crippen LogP contribution < -0.4 is 10.6 Å². The highest BCUT2D eigenvalue weighted by atomic mass is 35.5. The Labute approximate surface area is 135 Å². The van der Waals surface area contributed by atoms with E-state index in [4.69, 9.17) is 0 Å². The fourth-order valence-electron chi connectivity index (χ4n) is 3.51. The number of hydrogen-bond donors (Lipinski definition) is 2. The summed E-state index contributed by atoms with van der Waals surface area (Å²) in [7, 11) is 2.19. The van der Waals surface area contributed by atoms with E-state index in [1.54, 1.807) is 0 Å². The second-order valence-corrected chi connectivity index (χ2v) is 7.31. The maximum Gasteiger partial charge on any atom is 0.237 e. The fraction of sp³-hybridized carbons (Fsp3) is 0.938. The topological polar surface area (TPSA) is 44.4 Å². The van der Waals surface area contributed by atoms with Crippen molar-refractivity contribution in [2.75, 3.05) is 33.2 Å². The summed E-state index contributed by atoms with van der Waals surface area (Å²) in [6.07, 6.45) is 5.99. The van der Waals surface area contributed by atoms with Crippen LogP contribution in [0.2, 0.25) is 0 Å². The summed E-state index contributed by atoms with van der Waals surface area (Å²) < 4.78 is 0. The normalized spacial score (nSPS) is 26.9. The van der Waals surface area contributed by atoms with E-state index in [9.17, 15) is 4.79 Å². The summed E-state index contributed by atoms with van der Waals surface area (Å²) in [4.78, 5) is 14.7. The first-order valence-electron chi connectivity index (χ1n) is 8.19. The van der Waals surface area contributed by atoms with Crippen molar-refractivity contribution in [3.63, 3.8) is 0 Å². The lowest BCUT2D eigenvalue weighted by molar-refractivity contribution is -0.126. The molecule has 0 radical (unpaired) electrons. The Bertz CT molecular complexity index is 327. The van der Waals surface area contributed by atoms with E-state index in [-0.39, 0.29) is 29.8 Å². The molecule has 5 heteroatoms. The maximum absolute atomic E-state index is 12.3. The van der Waals surface area contributed by atoms with Gasteiger partial charge in [0.1, 0.15) is 0 Å². The molecule has 0 spiro atoms. The third-order valence-corrected chi connectivity index (χ3v) is 5.08. The van der Waals surface area contributed by atoms with Gasteiger partial charge in [0.15, 0.2) is 0 Å². The molecule has 124 valence electrons. The molecule has 0 aromatic heterocycles. The number of carbonyl (C=O) groups excluding carboxylic acids is 1. The molecule has 2 rings (SSSR count). The number of likely N-dealkylation sites (tertiary alicyclic amines) is 1. The molecule has 2 heterocycles. The highest BCUT2D eigenvalue weighted by Gasteiger charge is 2.36. The number of halogens is 1. The van der Waals surface area contributed by atoms with E-state index in [1.165, 1.54) is 32.4 Å². The zero-order valence-electron chi connectivity index (χ0n) is 13.8. The van der Waals surface area contributed by atoms with Crippen molar-refractivity contribution in [2.45, 2.75) is 52.0 Å². The number of nitrogens with one attached hydrogen (secondary N) is 2.